The first-order valence-corrected chi connectivity index (χ1v) is 5.97. The molecule has 0 unspecified atom stereocenters. The Balaban J connectivity index is 1.91. The van der Waals surface area contributed by atoms with Crippen LogP contribution in [0.1, 0.15) is 22.6 Å². The molecule has 0 amide bonds. The molecule has 0 bridgehead atoms. The normalized spacial score (nSPS) is 14.4. The largest absolute Gasteiger partial charge is 0.363 e. The molecule has 4 heteroatoms. The average molecular weight is 239 g/mol. The Morgan fingerprint density at radius 1 is 1.11 bits per heavy atom. The van der Waals surface area contributed by atoms with E-state index in [9.17, 15) is 4.79 Å². The minimum Gasteiger partial charge on any atom is -0.363 e. The first kappa shape index (κ1) is 10.9. The summed E-state index contributed by atoms with van der Waals surface area (Å²) in [7, 11) is 0. The molecular formula is C14H13N3O. The molecule has 0 fully saturated rings. The molecule has 0 atom stereocenters. The van der Waals surface area contributed by atoms with Crippen LogP contribution >= 0.6 is 0 Å². The molecule has 3 rings (SSSR count). The van der Waals surface area contributed by atoms with Crippen LogP contribution in [0, 0.1) is 0 Å². The third-order valence-electron chi connectivity index (χ3n) is 3.11. The number of aromatic nitrogens is 2. The Labute approximate surface area is 105 Å². The van der Waals surface area contributed by atoms with Crippen LogP contribution in [0.4, 0.5) is 5.69 Å². The van der Waals surface area contributed by atoms with Crippen molar-refractivity contribution in [1.29, 1.82) is 0 Å². The molecule has 1 aromatic heterocycles. The lowest BCUT2D eigenvalue weighted by molar-refractivity contribution is 0.0979. The number of rotatable bonds is 2. The lowest BCUT2D eigenvalue weighted by atomic mass is 10.0. The monoisotopic (exact) mass is 239 g/mol. The maximum atomic E-state index is 11.8. The molecule has 4 nitrogen and oxygen atoms in total. The number of carbonyl (C=O) groups excluding carboxylic acids is 1. The molecule has 0 spiro atoms. The van der Waals surface area contributed by atoms with Gasteiger partial charge in [-0.2, -0.15) is 0 Å². The van der Waals surface area contributed by atoms with Crippen LogP contribution in [-0.4, -0.2) is 22.3 Å². The van der Waals surface area contributed by atoms with Gasteiger partial charge in [-0.15, -0.1) is 0 Å². The first-order chi connectivity index (χ1) is 8.84. The number of hydrogen-bond donors (Lipinski definition) is 0. The Bertz CT molecular complexity index is 568. The Kier molecular flexibility index (Phi) is 2.76. The first-order valence-electron chi connectivity index (χ1n) is 5.97. The molecule has 1 aromatic carbocycles. The highest BCUT2D eigenvalue weighted by Crippen LogP contribution is 2.27. The summed E-state index contributed by atoms with van der Waals surface area (Å²) in [5.74, 6) is 0.998. The smallest absolute Gasteiger partial charge is 0.166 e. The Hall–Kier alpha value is -2.23. The number of nitrogens with zero attached hydrogens (tertiary/aromatic N) is 3. The van der Waals surface area contributed by atoms with E-state index >= 15 is 0 Å². The summed E-state index contributed by atoms with van der Waals surface area (Å²) in [6, 6.07) is 9.53. The van der Waals surface area contributed by atoms with Crippen molar-refractivity contribution in [3.63, 3.8) is 0 Å². The van der Waals surface area contributed by atoms with E-state index in [1.807, 2.05) is 24.3 Å². The fourth-order valence-electron chi connectivity index (χ4n) is 2.22. The highest BCUT2D eigenvalue weighted by Gasteiger charge is 2.22. The average Bonchev–Trinajstić information content (AvgIpc) is 2.44. The zero-order valence-corrected chi connectivity index (χ0v) is 9.91. The van der Waals surface area contributed by atoms with Crippen molar-refractivity contribution in [3.05, 3.63) is 54.1 Å². The summed E-state index contributed by atoms with van der Waals surface area (Å²) in [5, 5.41) is 0. The van der Waals surface area contributed by atoms with Gasteiger partial charge >= 0.3 is 0 Å². The minimum absolute atomic E-state index is 0.218. The number of carbonyl (C=O) groups is 1. The zero-order valence-electron chi connectivity index (χ0n) is 9.91. The number of ketones is 1. The van der Waals surface area contributed by atoms with E-state index in [4.69, 9.17) is 0 Å². The van der Waals surface area contributed by atoms with Gasteiger partial charge in [-0.05, 0) is 18.2 Å². The zero-order chi connectivity index (χ0) is 12.4. The molecule has 0 saturated carbocycles. The van der Waals surface area contributed by atoms with Gasteiger partial charge in [-0.25, -0.2) is 9.97 Å². The second-order valence-corrected chi connectivity index (χ2v) is 4.28. The predicted molar refractivity (Wildman–Crippen MR) is 68.5 cm³/mol. The summed E-state index contributed by atoms with van der Waals surface area (Å²) in [6.45, 7) is 1.37. The summed E-state index contributed by atoms with van der Waals surface area (Å²) in [4.78, 5) is 22.4. The molecule has 0 aliphatic carbocycles. The molecular weight excluding hydrogens is 226 g/mol. The second-order valence-electron chi connectivity index (χ2n) is 4.28. The molecule has 2 aromatic rings. The number of fused-ring (bicyclic) bond motifs is 1. The van der Waals surface area contributed by atoms with E-state index in [1.165, 1.54) is 0 Å². The molecule has 18 heavy (non-hydrogen) atoms. The molecule has 90 valence electrons. The van der Waals surface area contributed by atoms with Crippen LogP contribution in [0.15, 0.2) is 42.7 Å². The third-order valence-corrected chi connectivity index (χ3v) is 3.11. The number of Topliss-reactive ketones (excluding diaryl/α,β-unsaturated/α-hetero) is 1. The maximum absolute atomic E-state index is 11.8. The molecule has 1 aliphatic rings. The molecule has 0 saturated heterocycles. The molecule has 1 aliphatic heterocycles. The van der Waals surface area contributed by atoms with E-state index < -0.39 is 0 Å². The number of para-hydroxylation sites is 1. The fraction of sp³-hybridized carbons (Fsp3) is 0.214. The van der Waals surface area contributed by atoms with Crippen LogP contribution < -0.4 is 4.90 Å². The SMILES string of the molecule is O=C1CCN(Cc2ncccn2)c2ccccc21. The fourth-order valence-corrected chi connectivity index (χ4v) is 2.22. The van der Waals surface area contributed by atoms with E-state index in [1.54, 1.807) is 18.5 Å². The van der Waals surface area contributed by atoms with Crippen molar-refractivity contribution in [2.75, 3.05) is 11.4 Å². The van der Waals surface area contributed by atoms with E-state index in [0.717, 1.165) is 23.6 Å². The third kappa shape index (κ3) is 1.97. The van der Waals surface area contributed by atoms with Crippen LogP contribution in [0.5, 0.6) is 0 Å². The minimum atomic E-state index is 0.218. The van der Waals surface area contributed by atoms with Gasteiger partial charge in [0.15, 0.2) is 5.78 Å². The molecule has 0 radical (unpaired) electrons. The van der Waals surface area contributed by atoms with E-state index in [-0.39, 0.29) is 5.78 Å². The summed E-state index contributed by atoms with van der Waals surface area (Å²) < 4.78 is 0. The van der Waals surface area contributed by atoms with Crippen LogP contribution in [0.2, 0.25) is 0 Å². The predicted octanol–water partition coefficient (Wildman–Crippen LogP) is 2.07. The van der Waals surface area contributed by atoms with Gasteiger partial charge in [0.05, 0.1) is 6.54 Å². The topological polar surface area (TPSA) is 46.1 Å². The van der Waals surface area contributed by atoms with Gasteiger partial charge in [0.2, 0.25) is 0 Å². The van der Waals surface area contributed by atoms with E-state index in [0.29, 0.717) is 13.0 Å². The molecule has 2 heterocycles. The van der Waals surface area contributed by atoms with Gasteiger partial charge in [-0.1, -0.05) is 12.1 Å². The number of benzene rings is 1. The lowest BCUT2D eigenvalue weighted by Crippen LogP contribution is -2.32. The standard InChI is InChI=1S/C14H13N3O/c18-13-6-9-17(10-14-15-7-3-8-16-14)12-5-2-1-4-11(12)13/h1-5,7-8H,6,9-10H2. The molecule has 0 N–H and O–H groups in total. The van der Waals surface area contributed by atoms with Crippen LogP contribution in [-0.2, 0) is 6.54 Å². The van der Waals surface area contributed by atoms with Gasteiger partial charge in [-0.3, -0.25) is 4.79 Å². The highest BCUT2D eigenvalue weighted by atomic mass is 16.1. The van der Waals surface area contributed by atoms with E-state index in [2.05, 4.69) is 14.9 Å². The van der Waals surface area contributed by atoms with Crippen LogP contribution in [0.3, 0.4) is 0 Å². The maximum Gasteiger partial charge on any atom is 0.166 e. The van der Waals surface area contributed by atoms with Gasteiger partial charge < -0.3 is 4.90 Å². The lowest BCUT2D eigenvalue weighted by Gasteiger charge is -2.29. The van der Waals surface area contributed by atoms with Gasteiger partial charge in [0, 0.05) is 36.6 Å². The second kappa shape index (κ2) is 4.56. The van der Waals surface area contributed by atoms with Crippen molar-refractivity contribution in [3.8, 4) is 0 Å². The van der Waals surface area contributed by atoms with Crippen molar-refractivity contribution < 1.29 is 4.79 Å². The summed E-state index contributed by atoms with van der Waals surface area (Å²) >= 11 is 0. The van der Waals surface area contributed by atoms with Gasteiger partial charge in [0.25, 0.3) is 0 Å². The highest BCUT2D eigenvalue weighted by molar-refractivity contribution is 6.03. The quantitative estimate of drug-likeness (QED) is 0.804. The summed E-state index contributed by atoms with van der Waals surface area (Å²) in [6.07, 6.45) is 4.04. The van der Waals surface area contributed by atoms with Crippen molar-refractivity contribution in [2.45, 2.75) is 13.0 Å². The number of anilines is 1. The van der Waals surface area contributed by atoms with Crippen molar-refractivity contribution in [1.82, 2.24) is 9.97 Å². The van der Waals surface area contributed by atoms with Crippen LogP contribution in [0.25, 0.3) is 0 Å². The van der Waals surface area contributed by atoms with Crippen molar-refractivity contribution in [2.24, 2.45) is 0 Å². The summed E-state index contributed by atoms with van der Waals surface area (Å²) in [5.41, 5.74) is 1.79. The Morgan fingerprint density at radius 3 is 2.72 bits per heavy atom. The van der Waals surface area contributed by atoms with Crippen molar-refractivity contribution >= 4 is 11.5 Å². The Morgan fingerprint density at radius 2 is 1.89 bits per heavy atom. The van der Waals surface area contributed by atoms with Gasteiger partial charge in [0.1, 0.15) is 5.82 Å². The number of hydrogen-bond acceptors (Lipinski definition) is 4.